The normalized spacial score (nSPS) is 10.9. The van der Waals surface area contributed by atoms with Crippen molar-refractivity contribution in [3.05, 3.63) is 54.2 Å². The highest BCUT2D eigenvalue weighted by atomic mass is 79.9. The Morgan fingerprint density at radius 2 is 1.82 bits per heavy atom. The highest BCUT2D eigenvalue weighted by molar-refractivity contribution is 9.08. The van der Waals surface area contributed by atoms with Crippen LogP contribution in [-0.4, -0.2) is 5.16 Å². The van der Waals surface area contributed by atoms with Gasteiger partial charge in [-0.05, 0) is 23.3 Å². The molecule has 0 unspecified atom stereocenters. The van der Waals surface area contributed by atoms with Gasteiger partial charge in [0.15, 0.2) is 5.58 Å². The molecule has 0 fully saturated rings. The lowest BCUT2D eigenvalue weighted by atomic mass is 10.0. The molecule has 2 aromatic carbocycles. The fraction of sp³-hybridized carbons (Fsp3) is 0.0714. The molecule has 0 saturated carbocycles. The average Bonchev–Trinajstić information content (AvgIpc) is 2.81. The van der Waals surface area contributed by atoms with Crippen LogP contribution in [0.3, 0.4) is 0 Å². The van der Waals surface area contributed by atoms with Crippen molar-refractivity contribution < 1.29 is 4.52 Å². The van der Waals surface area contributed by atoms with E-state index in [1.165, 1.54) is 11.1 Å². The maximum Gasteiger partial charge on any atom is 0.167 e. The van der Waals surface area contributed by atoms with Crippen LogP contribution in [0.4, 0.5) is 0 Å². The Bertz CT molecular complexity index is 646. The molecule has 1 aromatic heterocycles. The van der Waals surface area contributed by atoms with E-state index in [0.717, 1.165) is 16.7 Å². The van der Waals surface area contributed by atoms with Gasteiger partial charge in [-0.15, -0.1) is 0 Å². The predicted octanol–water partition coefficient (Wildman–Crippen LogP) is 4.39. The zero-order chi connectivity index (χ0) is 11.7. The molecular formula is C14H10BrNO. The molecule has 3 heteroatoms. The molecule has 2 nitrogen and oxygen atoms in total. The number of rotatable bonds is 2. The third-order valence-electron chi connectivity index (χ3n) is 2.78. The van der Waals surface area contributed by atoms with E-state index in [0.29, 0.717) is 5.33 Å². The number of benzene rings is 2. The monoisotopic (exact) mass is 287 g/mol. The van der Waals surface area contributed by atoms with E-state index < -0.39 is 0 Å². The number of fused-ring (bicyclic) bond motifs is 1. The molecule has 0 radical (unpaired) electrons. The lowest BCUT2D eigenvalue weighted by Crippen LogP contribution is -1.79. The first kappa shape index (κ1) is 10.5. The minimum Gasteiger partial charge on any atom is -0.356 e. The second kappa shape index (κ2) is 4.34. The van der Waals surface area contributed by atoms with Gasteiger partial charge in [-0.25, -0.2) is 0 Å². The molecular weight excluding hydrogens is 278 g/mol. The number of hydrogen-bond donors (Lipinski definition) is 0. The zero-order valence-corrected chi connectivity index (χ0v) is 10.6. The number of halogens is 1. The third-order valence-corrected chi connectivity index (χ3v) is 3.31. The predicted molar refractivity (Wildman–Crippen MR) is 72.1 cm³/mol. The van der Waals surface area contributed by atoms with Crippen molar-refractivity contribution >= 4 is 26.9 Å². The molecule has 0 amide bonds. The second-order valence-corrected chi connectivity index (χ2v) is 4.40. The van der Waals surface area contributed by atoms with E-state index in [9.17, 15) is 0 Å². The van der Waals surface area contributed by atoms with Crippen LogP contribution >= 0.6 is 15.9 Å². The van der Waals surface area contributed by atoms with E-state index in [4.69, 9.17) is 4.52 Å². The van der Waals surface area contributed by atoms with Crippen molar-refractivity contribution in [3.63, 3.8) is 0 Å². The highest BCUT2D eigenvalue weighted by Gasteiger charge is 2.08. The van der Waals surface area contributed by atoms with Crippen LogP contribution in [0, 0.1) is 0 Å². The van der Waals surface area contributed by atoms with Crippen molar-refractivity contribution in [1.82, 2.24) is 5.16 Å². The van der Waals surface area contributed by atoms with Gasteiger partial charge in [-0.1, -0.05) is 57.5 Å². The topological polar surface area (TPSA) is 26.0 Å². The van der Waals surface area contributed by atoms with Crippen molar-refractivity contribution in [3.8, 4) is 11.1 Å². The largest absolute Gasteiger partial charge is 0.356 e. The molecule has 0 atom stereocenters. The summed E-state index contributed by atoms with van der Waals surface area (Å²) in [7, 11) is 0. The maximum absolute atomic E-state index is 5.25. The van der Waals surface area contributed by atoms with Gasteiger partial charge < -0.3 is 4.52 Å². The zero-order valence-electron chi connectivity index (χ0n) is 9.06. The summed E-state index contributed by atoms with van der Waals surface area (Å²) >= 11 is 3.42. The summed E-state index contributed by atoms with van der Waals surface area (Å²) in [6, 6.07) is 16.4. The summed E-state index contributed by atoms with van der Waals surface area (Å²) in [5, 5.41) is 5.81. The maximum atomic E-state index is 5.25. The summed E-state index contributed by atoms with van der Waals surface area (Å²) in [6.07, 6.45) is 0. The van der Waals surface area contributed by atoms with E-state index in [-0.39, 0.29) is 0 Å². The molecule has 1 heterocycles. The van der Waals surface area contributed by atoms with Crippen molar-refractivity contribution in [2.45, 2.75) is 5.33 Å². The van der Waals surface area contributed by atoms with Crippen LogP contribution in [0.2, 0.25) is 0 Å². The number of aromatic nitrogens is 1. The lowest BCUT2D eigenvalue weighted by Gasteiger charge is -2.00. The quantitative estimate of drug-likeness (QED) is 0.654. The first-order valence-corrected chi connectivity index (χ1v) is 6.50. The fourth-order valence-electron chi connectivity index (χ4n) is 1.90. The summed E-state index contributed by atoms with van der Waals surface area (Å²) in [6.45, 7) is 0. The van der Waals surface area contributed by atoms with Gasteiger partial charge in [0.1, 0.15) is 5.69 Å². The van der Waals surface area contributed by atoms with Crippen LogP contribution in [0.25, 0.3) is 22.1 Å². The van der Waals surface area contributed by atoms with Crippen LogP contribution < -0.4 is 0 Å². The molecule has 0 saturated heterocycles. The first-order valence-electron chi connectivity index (χ1n) is 5.38. The Hall–Kier alpha value is -1.61. The fourth-order valence-corrected chi connectivity index (χ4v) is 2.30. The van der Waals surface area contributed by atoms with Gasteiger partial charge in [-0.3, -0.25) is 0 Å². The Morgan fingerprint density at radius 3 is 2.59 bits per heavy atom. The third kappa shape index (κ3) is 1.87. The van der Waals surface area contributed by atoms with Gasteiger partial charge in [0.2, 0.25) is 0 Å². The molecule has 17 heavy (non-hydrogen) atoms. The molecule has 0 bridgehead atoms. The molecule has 84 valence electrons. The van der Waals surface area contributed by atoms with E-state index in [1.54, 1.807) is 0 Å². The molecule has 3 rings (SSSR count). The van der Waals surface area contributed by atoms with Crippen LogP contribution in [0.1, 0.15) is 5.69 Å². The Labute approximate surface area is 107 Å². The summed E-state index contributed by atoms with van der Waals surface area (Å²) < 4.78 is 5.25. The van der Waals surface area contributed by atoms with Crippen molar-refractivity contribution in [2.75, 3.05) is 0 Å². The minimum absolute atomic E-state index is 0.707. The Balaban J connectivity index is 2.19. The molecule has 0 aliphatic rings. The average molecular weight is 288 g/mol. The highest BCUT2D eigenvalue weighted by Crippen LogP contribution is 2.27. The summed E-state index contributed by atoms with van der Waals surface area (Å²) in [4.78, 5) is 0. The van der Waals surface area contributed by atoms with Crippen molar-refractivity contribution in [1.29, 1.82) is 0 Å². The second-order valence-electron chi connectivity index (χ2n) is 3.84. The van der Waals surface area contributed by atoms with Gasteiger partial charge in [0.05, 0.1) is 0 Å². The van der Waals surface area contributed by atoms with Gasteiger partial charge in [-0.2, -0.15) is 0 Å². The lowest BCUT2D eigenvalue weighted by molar-refractivity contribution is 0.450. The summed E-state index contributed by atoms with van der Waals surface area (Å²) in [5.74, 6) is 0. The van der Waals surface area contributed by atoms with Crippen LogP contribution in [-0.2, 0) is 5.33 Å². The van der Waals surface area contributed by atoms with Gasteiger partial charge in [0.25, 0.3) is 0 Å². The van der Waals surface area contributed by atoms with E-state index >= 15 is 0 Å². The Kier molecular flexibility index (Phi) is 2.69. The smallest absolute Gasteiger partial charge is 0.167 e. The van der Waals surface area contributed by atoms with E-state index in [1.807, 2.05) is 24.3 Å². The van der Waals surface area contributed by atoms with Gasteiger partial charge >= 0.3 is 0 Å². The van der Waals surface area contributed by atoms with Gasteiger partial charge in [0, 0.05) is 10.7 Å². The van der Waals surface area contributed by atoms with Crippen molar-refractivity contribution in [2.24, 2.45) is 0 Å². The molecule has 0 aliphatic carbocycles. The molecule has 3 aromatic rings. The first-order chi connectivity index (χ1) is 8.38. The standard InChI is InChI=1S/C14H10BrNO/c15-9-13-12-8-11(6-7-14(12)17-16-13)10-4-2-1-3-5-10/h1-8H,9H2. The number of hydrogen-bond acceptors (Lipinski definition) is 2. The van der Waals surface area contributed by atoms with E-state index in [2.05, 4.69) is 45.4 Å². The number of alkyl halides is 1. The molecule has 0 spiro atoms. The molecule has 0 N–H and O–H groups in total. The SMILES string of the molecule is BrCc1noc2ccc(-c3ccccc3)cc12. The number of nitrogens with zero attached hydrogens (tertiary/aromatic N) is 1. The van der Waals surface area contributed by atoms with Crippen LogP contribution in [0.5, 0.6) is 0 Å². The van der Waals surface area contributed by atoms with Crippen LogP contribution in [0.15, 0.2) is 53.1 Å². The Morgan fingerprint density at radius 1 is 1.00 bits per heavy atom. The minimum atomic E-state index is 0.707. The summed E-state index contributed by atoms with van der Waals surface area (Å²) in [5.41, 5.74) is 4.16. The molecule has 0 aliphatic heterocycles.